The molecule has 1 aromatic heterocycles. The van der Waals surface area contributed by atoms with E-state index in [1.807, 2.05) is 0 Å². The van der Waals surface area contributed by atoms with E-state index in [1.54, 1.807) is 11.3 Å². The average molecular weight is 503 g/mol. The van der Waals surface area contributed by atoms with Crippen molar-refractivity contribution in [1.82, 2.24) is 0 Å². The van der Waals surface area contributed by atoms with Crippen LogP contribution in [0, 0.1) is 25.7 Å². The molecule has 1 aliphatic rings. The van der Waals surface area contributed by atoms with Gasteiger partial charge in [0.1, 0.15) is 24.7 Å². The number of rotatable bonds is 15. The molecule has 35 heavy (non-hydrogen) atoms. The maximum atomic E-state index is 6.57. The Labute approximate surface area is 217 Å². The van der Waals surface area contributed by atoms with Gasteiger partial charge in [0, 0.05) is 16.5 Å². The van der Waals surface area contributed by atoms with E-state index in [-0.39, 0.29) is 0 Å². The fourth-order valence-corrected chi connectivity index (χ4v) is 5.67. The van der Waals surface area contributed by atoms with Crippen molar-refractivity contribution in [1.29, 1.82) is 0 Å². The van der Waals surface area contributed by atoms with Crippen molar-refractivity contribution in [3.05, 3.63) is 22.6 Å². The zero-order valence-electron chi connectivity index (χ0n) is 22.8. The quantitative estimate of drug-likeness (QED) is 0.243. The van der Waals surface area contributed by atoms with Gasteiger partial charge in [-0.15, -0.1) is 11.3 Å². The number of hydrogen-bond acceptors (Lipinski definition) is 5. The normalized spacial score (nSPS) is 14.6. The minimum absolute atomic E-state index is 0.561. The van der Waals surface area contributed by atoms with Gasteiger partial charge in [0.25, 0.3) is 0 Å². The highest BCUT2D eigenvalue weighted by Gasteiger charge is 2.26. The van der Waals surface area contributed by atoms with E-state index < -0.39 is 0 Å². The third-order valence-corrected chi connectivity index (χ3v) is 8.22. The van der Waals surface area contributed by atoms with E-state index >= 15 is 0 Å². The second-order valence-corrected chi connectivity index (χ2v) is 11.1. The third kappa shape index (κ3) is 7.31. The highest BCUT2D eigenvalue weighted by Crippen LogP contribution is 2.52. The smallest absolute Gasteiger partial charge is 0.180 e. The molecule has 2 heterocycles. The maximum absolute atomic E-state index is 6.57. The maximum Gasteiger partial charge on any atom is 0.180 e. The molecular formula is C30H46O4S. The first-order chi connectivity index (χ1) is 17.0. The summed E-state index contributed by atoms with van der Waals surface area (Å²) in [7, 11) is 0. The molecule has 3 rings (SSSR count). The lowest BCUT2D eigenvalue weighted by Gasteiger charge is -2.22. The Bertz CT molecular complexity index is 920. The Kier molecular flexibility index (Phi) is 11.1. The van der Waals surface area contributed by atoms with E-state index in [0.717, 1.165) is 69.9 Å². The summed E-state index contributed by atoms with van der Waals surface area (Å²) in [6, 6.07) is 4.34. The highest BCUT2D eigenvalue weighted by atomic mass is 32.1. The SMILES string of the molecule is CCCCC(CC)COc1cc(OCC(CC)CCCC)c(-c2sc(C)c3c2OCCO3)cc1C. The van der Waals surface area contributed by atoms with Crippen LogP contribution in [0.15, 0.2) is 12.1 Å². The molecule has 0 aliphatic carbocycles. The van der Waals surface area contributed by atoms with Crippen molar-refractivity contribution >= 4 is 11.3 Å². The fourth-order valence-electron chi connectivity index (χ4n) is 4.61. The molecule has 0 saturated heterocycles. The number of thiophene rings is 1. The summed E-state index contributed by atoms with van der Waals surface area (Å²) in [5.74, 6) is 4.72. The van der Waals surface area contributed by atoms with Gasteiger partial charge in [-0.1, -0.05) is 66.2 Å². The Hall–Kier alpha value is -1.88. The van der Waals surface area contributed by atoms with Crippen molar-refractivity contribution in [3.63, 3.8) is 0 Å². The van der Waals surface area contributed by atoms with Crippen molar-refractivity contribution in [3.8, 4) is 33.4 Å². The standard InChI is InChI=1S/C30H46O4S/c1-7-11-13-23(9-3)19-33-26-18-27(34-20-24(10-4)14-12-8-2)25(17-21(26)5)30-29-28(22(6)35-30)31-15-16-32-29/h17-18,23-24H,7-16,19-20H2,1-6H3. The first-order valence-electron chi connectivity index (χ1n) is 13.8. The number of unbranched alkanes of at least 4 members (excludes halogenated alkanes) is 2. The van der Waals surface area contributed by atoms with Gasteiger partial charge in [0.15, 0.2) is 11.5 Å². The Morgan fingerprint density at radius 2 is 1.37 bits per heavy atom. The monoisotopic (exact) mass is 502 g/mol. The van der Waals surface area contributed by atoms with Crippen LogP contribution in [-0.2, 0) is 0 Å². The average Bonchev–Trinajstić information content (AvgIpc) is 3.21. The van der Waals surface area contributed by atoms with Crippen LogP contribution in [0.1, 0.15) is 89.5 Å². The van der Waals surface area contributed by atoms with Gasteiger partial charge in [-0.3, -0.25) is 0 Å². The molecule has 2 atom stereocenters. The molecule has 5 heteroatoms. The molecular weight excluding hydrogens is 456 g/mol. The van der Waals surface area contributed by atoms with Crippen molar-refractivity contribution in [2.45, 2.75) is 92.9 Å². The van der Waals surface area contributed by atoms with Gasteiger partial charge in [0.05, 0.1) is 18.1 Å². The number of ether oxygens (including phenoxy) is 4. The Balaban J connectivity index is 1.91. The number of aryl methyl sites for hydroxylation is 2. The van der Waals surface area contributed by atoms with Crippen LogP contribution in [-0.4, -0.2) is 26.4 Å². The molecule has 0 saturated carbocycles. The molecule has 0 bridgehead atoms. The Morgan fingerprint density at radius 3 is 1.94 bits per heavy atom. The molecule has 0 spiro atoms. The second-order valence-electron chi connectivity index (χ2n) is 9.91. The molecule has 2 unspecified atom stereocenters. The zero-order chi connectivity index (χ0) is 25.2. The van der Waals surface area contributed by atoms with E-state index in [1.165, 1.54) is 38.5 Å². The summed E-state index contributed by atoms with van der Waals surface area (Å²) in [4.78, 5) is 2.24. The molecule has 0 fully saturated rings. The summed E-state index contributed by atoms with van der Waals surface area (Å²) < 4.78 is 25.0. The second kappa shape index (κ2) is 14.0. The van der Waals surface area contributed by atoms with Crippen LogP contribution >= 0.6 is 11.3 Å². The molecule has 2 aromatic rings. The first-order valence-corrected chi connectivity index (χ1v) is 14.6. The largest absolute Gasteiger partial charge is 0.493 e. The van der Waals surface area contributed by atoms with E-state index in [9.17, 15) is 0 Å². The van der Waals surface area contributed by atoms with Gasteiger partial charge >= 0.3 is 0 Å². The van der Waals surface area contributed by atoms with Gasteiger partial charge in [-0.25, -0.2) is 0 Å². The number of hydrogen-bond donors (Lipinski definition) is 0. The van der Waals surface area contributed by atoms with Gasteiger partial charge in [-0.05, 0) is 50.2 Å². The van der Waals surface area contributed by atoms with Crippen LogP contribution in [0.3, 0.4) is 0 Å². The predicted octanol–water partition coefficient (Wildman–Crippen LogP) is 8.99. The molecule has 0 N–H and O–H groups in total. The van der Waals surface area contributed by atoms with Crippen molar-refractivity contribution < 1.29 is 18.9 Å². The van der Waals surface area contributed by atoms with Crippen molar-refractivity contribution in [2.75, 3.05) is 26.4 Å². The third-order valence-electron chi connectivity index (χ3n) is 7.12. The summed E-state index contributed by atoms with van der Waals surface area (Å²) >= 11 is 1.73. The van der Waals surface area contributed by atoms with Crippen LogP contribution in [0.25, 0.3) is 10.4 Å². The fraction of sp³-hybridized carbons (Fsp3) is 0.667. The zero-order valence-corrected chi connectivity index (χ0v) is 23.7. The predicted molar refractivity (Wildman–Crippen MR) is 148 cm³/mol. The molecule has 0 radical (unpaired) electrons. The molecule has 1 aromatic carbocycles. The Morgan fingerprint density at radius 1 is 0.800 bits per heavy atom. The summed E-state index contributed by atoms with van der Waals surface area (Å²) in [5, 5.41) is 0. The minimum Gasteiger partial charge on any atom is -0.493 e. The van der Waals surface area contributed by atoms with Crippen LogP contribution in [0.4, 0.5) is 0 Å². The summed E-state index contributed by atoms with van der Waals surface area (Å²) in [6.07, 6.45) is 9.66. The van der Waals surface area contributed by atoms with Gasteiger partial charge in [0.2, 0.25) is 0 Å². The lowest BCUT2D eigenvalue weighted by atomic mass is 10.00. The van der Waals surface area contributed by atoms with Crippen molar-refractivity contribution in [2.24, 2.45) is 11.8 Å². The summed E-state index contributed by atoms with van der Waals surface area (Å²) in [6.45, 7) is 15.9. The van der Waals surface area contributed by atoms with Crippen LogP contribution in [0.5, 0.6) is 23.0 Å². The number of fused-ring (bicyclic) bond motifs is 1. The topological polar surface area (TPSA) is 36.9 Å². The number of benzene rings is 1. The van der Waals surface area contributed by atoms with E-state index in [0.29, 0.717) is 25.0 Å². The summed E-state index contributed by atoms with van der Waals surface area (Å²) in [5.41, 5.74) is 2.21. The van der Waals surface area contributed by atoms with E-state index in [2.05, 4.69) is 53.7 Å². The van der Waals surface area contributed by atoms with Crippen LogP contribution in [0.2, 0.25) is 0 Å². The lowest BCUT2D eigenvalue weighted by molar-refractivity contribution is 0.173. The molecule has 1 aliphatic heterocycles. The molecule has 196 valence electrons. The van der Waals surface area contributed by atoms with Gasteiger partial charge in [-0.2, -0.15) is 0 Å². The minimum atomic E-state index is 0.561. The van der Waals surface area contributed by atoms with E-state index in [4.69, 9.17) is 18.9 Å². The lowest BCUT2D eigenvalue weighted by Crippen LogP contribution is -2.15. The molecule has 4 nitrogen and oxygen atoms in total. The highest BCUT2D eigenvalue weighted by molar-refractivity contribution is 7.16. The van der Waals surface area contributed by atoms with Gasteiger partial charge < -0.3 is 18.9 Å². The molecule has 0 amide bonds. The first kappa shape index (κ1) is 27.7. The van der Waals surface area contributed by atoms with Crippen LogP contribution < -0.4 is 18.9 Å².